The first-order chi connectivity index (χ1) is 14.0. The first-order valence-electron chi connectivity index (χ1n) is 9.11. The first kappa shape index (κ1) is 23.7. The number of para-hydroxylation sites is 1. The summed E-state index contributed by atoms with van der Waals surface area (Å²) in [7, 11) is 0. The van der Waals surface area contributed by atoms with Crippen molar-refractivity contribution < 1.29 is 17.9 Å². The van der Waals surface area contributed by atoms with Gasteiger partial charge in [0.05, 0.1) is 6.54 Å². The van der Waals surface area contributed by atoms with Gasteiger partial charge < -0.3 is 15.4 Å². The maximum Gasteiger partial charge on any atom is 0.573 e. The van der Waals surface area contributed by atoms with Crippen LogP contribution in [0.2, 0.25) is 0 Å². The van der Waals surface area contributed by atoms with Crippen LogP contribution >= 0.6 is 24.0 Å². The third-order valence-electron chi connectivity index (χ3n) is 3.98. The molecule has 0 saturated carbocycles. The average molecular weight is 534 g/mol. The molecule has 0 atom stereocenters. The molecular formula is C19H22F3IN6O. The van der Waals surface area contributed by atoms with Gasteiger partial charge in [-0.2, -0.15) is 0 Å². The lowest BCUT2D eigenvalue weighted by atomic mass is 10.2. The lowest BCUT2D eigenvalue weighted by molar-refractivity contribution is -0.274. The number of aromatic nitrogens is 3. The largest absolute Gasteiger partial charge is 0.573 e. The van der Waals surface area contributed by atoms with Gasteiger partial charge in [0.25, 0.3) is 0 Å². The Balaban J connectivity index is 0.00000320. The molecule has 0 spiro atoms. The second-order valence-electron chi connectivity index (χ2n) is 6.07. The highest BCUT2D eigenvalue weighted by Crippen LogP contribution is 2.26. The lowest BCUT2D eigenvalue weighted by Gasteiger charge is -2.13. The fraction of sp³-hybridized carbons (Fsp3) is 0.316. The number of guanidine groups is 1. The molecule has 11 heteroatoms. The average Bonchev–Trinajstić information content (AvgIpc) is 3.09. The molecule has 2 aromatic heterocycles. The van der Waals surface area contributed by atoms with Crippen LogP contribution in [0.5, 0.6) is 5.75 Å². The quantitative estimate of drug-likeness (QED) is 0.276. The van der Waals surface area contributed by atoms with Crippen LogP contribution in [-0.2, 0) is 13.0 Å². The summed E-state index contributed by atoms with van der Waals surface area (Å²) in [5, 5.41) is 14.5. The molecule has 2 heterocycles. The van der Waals surface area contributed by atoms with Gasteiger partial charge in [-0.3, -0.25) is 4.40 Å². The first-order valence-corrected chi connectivity index (χ1v) is 9.11. The van der Waals surface area contributed by atoms with Crippen molar-refractivity contribution in [3.63, 3.8) is 0 Å². The van der Waals surface area contributed by atoms with Crippen molar-refractivity contribution in [2.24, 2.45) is 4.99 Å². The minimum absolute atomic E-state index is 0. The van der Waals surface area contributed by atoms with Crippen LogP contribution in [0.4, 0.5) is 13.2 Å². The van der Waals surface area contributed by atoms with Crippen molar-refractivity contribution in [1.82, 2.24) is 25.2 Å². The van der Waals surface area contributed by atoms with Crippen LogP contribution in [0.3, 0.4) is 0 Å². The molecule has 0 bridgehead atoms. The zero-order chi connectivity index (χ0) is 20.7. The number of pyridine rings is 1. The van der Waals surface area contributed by atoms with Gasteiger partial charge in [0.2, 0.25) is 0 Å². The summed E-state index contributed by atoms with van der Waals surface area (Å²) in [5.74, 6) is 1.03. The zero-order valence-corrected chi connectivity index (χ0v) is 18.5. The Labute approximate surface area is 188 Å². The predicted molar refractivity (Wildman–Crippen MR) is 118 cm³/mol. The Morgan fingerprint density at radius 2 is 1.87 bits per heavy atom. The SMILES string of the molecule is CCNC(=NCc1ccccc1OC(F)(F)F)NCCc1nnc2ccccn12.I. The molecule has 3 rings (SSSR count). The highest BCUT2D eigenvalue weighted by molar-refractivity contribution is 14.0. The van der Waals surface area contributed by atoms with Crippen LogP contribution in [0.25, 0.3) is 5.65 Å². The van der Waals surface area contributed by atoms with E-state index >= 15 is 0 Å². The maximum atomic E-state index is 12.6. The molecule has 0 fully saturated rings. The van der Waals surface area contributed by atoms with E-state index in [1.807, 2.05) is 35.7 Å². The van der Waals surface area contributed by atoms with E-state index in [0.29, 0.717) is 31.0 Å². The zero-order valence-electron chi connectivity index (χ0n) is 16.2. The number of halogens is 4. The van der Waals surface area contributed by atoms with Crippen LogP contribution in [0.1, 0.15) is 18.3 Å². The summed E-state index contributed by atoms with van der Waals surface area (Å²) in [4.78, 5) is 4.36. The second kappa shape index (κ2) is 11.0. The molecular weight excluding hydrogens is 512 g/mol. The number of nitrogens with zero attached hydrogens (tertiary/aromatic N) is 4. The maximum absolute atomic E-state index is 12.6. The van der Waals surface area contributed by atoms with Crippen molar-refractivity contribution >= 4 is 35.6 Å². The fourth-order valence-electron chi connectivity index (χ4n) is 2.72. The number of rotatable bonds is 7. The number of fused-ring (bicyclic) bond motifs is 1. The molecule has 1 aromatic carbocycles. The predicted octanol–water partition coefficient (Wildman–Crippen LogP) is 3.54. The van der Waals surface area contributed by atoms with E-state index in [4.69, 9.17) is 0 Å². The molecule has 3 aromatic rings. The van der Waals surface area contributed by atoms with Crippen molar-refractivity contribution in [3.8, 4) is 5.75 Å². The molecule has 162 valence electrons. The number of alkyl halides is 3. The topological polar surface area (TPSA) is 75.8 Å². The van der Waals surface area contributed by atoms with Crippen molar-refractivity contribution in [3.05, 3.63) is 60.0 Å². The Kier molecular flexibility index (Phi) is 8.69. The number of ether oxygens (including phenoxy) is 1. The van der Waals surface area contributed by atoms with Gasteiger partial charge in [0.15, 0.2) is 11.6 Å². The smallest absolute Gasteiger partial charge is 0.405 e. The van der Waals surface area contributed by atoms with Crippen LogP contribution in [-0.4, -0.2) is 40.0 Å². The molecule has 0 radical (unpaired) electrons. The Morgan fingerprint density at radius 3 is 2.63 bits per heavy atom. The summed E-state index contributed by atoms with van der Waals surface area (Å²) in [6.45, 7) is 3.09. The summed E-state index contributed by atoms with van der Waals surface area (Å²) in [5.41, 5.74) is 1.11. The van der Waals surface area contributed by atoms with Gasteiger partial charge in [-0.1, -0.05) is 24.3 Å². The number of nitrogens with one attached hydrogen (secondary N) is 2. The minimum Gasteiger partial charge on any atom is -0.405 e. The summed E-state index contributed by atoms with van der Waals surface area (Å²) in [6, 6.07) is 11.6. The Hall–Kier alpha value is -2.57. The molecule has 0 unspecified atom stereocenters. The number of hydrogen-bond donors (Lipinski definition) is 2. The highest BCUT2D eigenvalue weighted by atomic mass is 127. The van der Waals surface area contributed by atoms with Crippen molar-refractivity contribution in [2.45, 2.75) is 26.3 Å². The van der Waals surface area contributed by atoms with E-state index in [2.05, 4.69) is 30.6 Å². The fourth-order valence-corrected chi connectivity index (χ4v) is 2.72. The molecule has 2 N–H and O–H groups in total. The van der Waals surface area contributed by atoms with E-state index in [1.165, 1.54) is 12.1 Å². The number of aliphatic imine (C=N–C) groups is 1. The van der Waals surface area contributed by atoms with E-state index in [1.54, 1.807) is 12.1 Å². The molecule has 7 nitrogen and oxygen atoms in total. The van der Waals surface area contributed by atoms with Gasteiger partial charge in [-0.05, 0) is 25.1 Å². The van der Waals surface area contributed by atoms with Crippen molar-refractivity contribution in [1.29, 1.82) is 0 Å². The van der Waals surface area contributed by atoms with Gasteiger partial charge in [0, 0.05) is 31.3 Å². The Bertz CT molecular complexity index is 976. The molecule has 0 aliphatic rings. The lowest BCUT2D eigenvalue weighted by Crippen LogP contribution is -2.38. The van der Waals surface area contributed by atoms with Gasteiger partial charge >= 0.3 is 6.36 Å². The van der Waals surface area contributed by atoms with Crippen molar-refractivity contribution in [2.75, 3.05) is 13.1 Å². The Morgan fingerprint density at radius 1 is 1.10 bits per heavy atom. The number of benzene rings is 1. The highest BCUT2D eigenvalue weighted by Gasteiger charge is 2.31. The van der Waals surface area contributed by atoms with Crippen LogP contribution < -0.4 is 15.4 Å². The summed E-state index contributed by atoms with van der Waals surface area (Å²) >= 11 is 0. The summed E-state index contributed by atoms with van der Waals surface area (Å²) in [6.07, 6.45) is -2.26. The van der Waals surface area contributed by atoms with Crippen LogP contribution in [0, 0.1) is 0 Å². The van der Waals surface area contributed by atoms with Gasteiger partial charge in [-0.25, -0.2) is 4.99 Å². The second-order valence-corrected chi connectivity index (χ2v) is 6.07. The standard InChI is InChI=1S/C19H21F3N6O.HI/c1-2-23-18(24-11-10-17-27-26-16-9-5-6-12-28(16)17)25-13-14-7-3-4-8-15(14)29-19(20,21)22;/h3-9,12H,2,10-11,13H2,1H3,(H2,23,24,25);1H. The molecule has 30 heavy (non-hydrogen) atoms. The van der Waals surface area contributed by atoms with Gasteiger partial charge in [-0.15, -0.1) is 47.3 Å². The monoisotopic (exact) mass is 534 g/mol. The summed E-state index contributed by atoms with van der Waals surface area (Å²) < 4.78 is 43.6. The molecule has 0 aliphatic heterocycles. The third kappa shape index (κ3) is 6.75. The third-order valence-corrected chi connectivity index (χ3v) is 3.98. The molecule has 0 saturated heterocycles. The van der Waals surface area contributed by atoms with E-state index in [-0.39, 0.29) is 36.3 Å². The normalized spacial score (nSPS) is 11.8. The van der Waals surface area contributed by atoms with Gasteiger partial charge in [0.1, 0.15) is 11.6 Å². The minimum atomic E-state index is -4.75. The molecule has 0 aliphatic carbocycles. The van der Waals surface area contributed by atoms with E-state index in [9.17, 15) is 13.2 Å². The number of hydrogen-bond acceptors (Lipinski definition) is 4. The van der Waals surface area contributed by atoms with E-state index in [0.717, 1.165) is 11.5 Å². The van der Waals surface area contributed by atoms with Crippen LogP contribution in [0.15, 0.2) is 53.7 Å². The molecule has 0 amide bonds. The van der Waals surface area contributed by atoms with E-state index < -0.39 is 6.36 Å².